The minimum Gasteiger partial charge on any atom is -0.380 e. The number of hydrogen-bond donors (Lipinski definition) is 0. The Morgan fingerprint density at radius 1 is 1.32 bits per heavy atom. The van der Waals surface area contributed by atoms with E-state index in [1.54, 1.807) is 24.1 Å². The van der Waals surface area contributed by atoms with Gasteiger partial charge < -0.3 is 9.64 Å². The Kier molecular flexibility index (Phi) is 5.58. The molecule has 1 unspecified atom stereocenters. The third-order valence-corrected chi connectivity index (χ3v) is 5.64. The quantitative estimate of drug-likeness (QED) is 0.801. The highest BCUT2D eigenvalue weighted by atomic mass is 32.2. The molecular weight excluding hydrogens is 302 g/mol. The van der Waals surface area contributed by atoms with Crippen molar-refractivity contribution in [3.63, 3.8) is 0 Å². The number of methoxy groups -OCH3 is 1. The molecule has 0 spiro atoms. The van der Waals surface area contributed by atoms with Gasteiger partial charge >= 0.3 is 0 Å². The van der Waals surface area contributed by atoms with Gasteiger partial charge in [0.25, 0.3) is 5.91 Å². The summed E-state index contributed by atoms with van der Waals surface area (Å²) in [6, 6.07) is 7.10. The smallest absolute Gasteiger partial charge is 0.254 e. The van der Waals surface area contributed by atoms with Gasteiger partial charge in [-0.2, -0.15) is 0 Å². The first-order valence-corrected chi connectivity index (χ1v) is 9.38. The summed E-state index contributed by atoms with van der Waals surface area (Å²) < 4.78 is 28.4. The van der Waals surface area contributed by atoms with Crippen LogP contribution >= 0.6 is 0 Å². The Morgan fingerprint density at radius 3 is 2.50 bits per heavy atom. The maximum Gasteiger partial charge on any atom is 0.254 e. The fourth-order valence-electron chi connectivity index (χ4n) is 2.79. The van der Waals surface area contributed by atoms with Crippen molar-refractivity contribution in [3.8, 4) is 0 Å². The monoisotopic (exact) mass is 325 g/mol. The average Bonchev–Trinajstić information content (AvgIpc) is 2.85. The standard InChI is InChI=1S/C16H23NO4S/c1-3-9-17(15-8-10-22(19,20)12-15)16(18)14-6-4-13(5-7-14)11-21-2/h4-7,15H,3,8-12H2,1-2H3. The number of benzene rings is 1. The second-order valence-electron chi connectivity index (χ2n) is 5.69. The lowest BCUT2D eigenvalue weighted by atomic mass is 10.1. The van der Waals surface area contributed by atoms with E-state index in [0.717, 1.165) is 12.0 Å². The van der Waals surface area contributed by atoms with Gasteiger partial charge in [-0.3, -0.25) is 4.79 Å². The second kappa shape index (κ2) is 7.24. The van der Waals surface area contributed by atoms with E-state index in [1.165, 1.54) is 0 Å². The van der Waals surface area contributed by atoms with Crippen molar-refractivity contribution >= 4 is 15.7 Å². The van der Waals surface area contributed by atoms with Crippen LogP contribution in [0.1, 0.15) is 35.7 Å². The predicted octanol–water partition coefficient (Wildman–Crippen LogP) is 1.87. The number of sulfone groups is 1. The number of nitrogens with zero attached hydrogens (tertiary/aromatic N) is 1. The van der Waals surface area contributed by atoms with Crippen LogP contribution in [-0.2, 0) is 21.2 Å². The zero-order chi connectivity index (χ0) is 16.2. The minimum absolute atomic E-state index is 0.0838. The lowest BCUT2D eigenvalue weighted by molar-refractivity contribution is 0.0697. The normalized spacial score (nSPS) is 20.0. The summed E-state index contributed by atoms with van der Waals surface area (Å²) in [5.41, 5.74) is 1.60. The molecule has 1 aromatic rings. The number of hydrogen-bond acceptors (Lipinski definition) is 4. The van der Waals surface area contributed by atoms with Gasteiger partial charge in [0.15, 0.2) is 9.84 Å². The Morgan fingerprint density at radius 2 is 2.00 bits per heavy atom. The molecule has 0 bridgehead atoms. The van der Waals surface area contributed by atoms with Crippen molar-refractivity contribution in [2.75, 3.05) is 25.2 Å². The van der Waals surface area contributed by atoms with E-state index in [9.17, 15) is 13.2 Å². The van der Waals surface area contributed by atoms with Crippen LogP contribution in [0.15, 0.2) is 24.3 Å². The number of carbonyl (C=O) groups excluding carboxylic acids is 1. The fraction of sp³-hybridized carbons (Fsp3) is 0.562. The van der Waals surface area contributed by atoms with Crippen LogP contribution in [0, 0.1) is 0 Å². The van der Waals surface area contributed by atoms with Crippen molar-refractivity contribution in [1.29, 1.82) is 0 Å². The molecule has 1 aliphatic rings. The molecule has 0 radical (unpaired) electrons. The van der Waals surface area contributed by atoms with E-state index in [-0.39, 0.29) is 23.5 Å². The first kappa shape index (κ1) is 17.0. The van der Waals surface area contributed by atoms with E-state index < -0.39 is 9.84 Å². The van der Waals surface area contributed by atoms with Crippen LogP contribution in [0.4, 0.5) is 0 Å². The molecule has 0 N–H and O–H groups in total. The predicted molar refractivity (Wildman–Crippen MR) is 85.5 cm³/mol. The van der Waals surface area contributed by atoms with Gasteiger partial charge in [-0.25, -0.2) is 8.42 Å². The summed E-state index contributed by atoms with van der Waals surface area (Å²) in [7, 11) is -1.37. The Balaban J connectivity index is 2.15. The topological polar surface area (TPSA) is 63.7 Å². The molecule has 0 aliphatic carbocycles. The largest absolute Gasteiger partial charge is 0.380 e. The van der Waals surface area contributed by atoms with Gasteiger partial charge in [0.05, 0.1) is 18.1 Å². The third-order valence-electron chi connectivity index (χ3n) is 3.89. The van der Waals surface area contributed by atoms with Crippen LogP contribution in [0.2, 0.25) is 0 Å². The highest BCUT2D eigenvalue weighted by molar-refractivity contribution is 7.91. The fourth-order valence-corrected chi connectivity index (χ4v) is 4.52. The average molecular weight is 325 g/mol. The van der Waals surface area contributed by atoms with Crippen molar-refractivity contribution in [2.45, 2.75) is 32.4 Å². The van der Waals surface area contributed by atoms with Crippen molar-refractivity contribution in [1.82, 2.24) is 4.90 Å². The van der Waals surface area contributed by atoms with Gasteiger partial charge in [-0.05, 0) is 30.5 Å². The van der Waals surface area contributed by atoms with Gasteiger partial charge in [0, 0.05) is 25.3 Å². The van der Waals surface area contributed by atoms with E-state index in [1.807, 2.05) is 19.1 Å². The van der Waals surface area contributed by atoms with Crippen molar-refractivity contribution in [2.24, 2.45) is 0 Å². The summed E-state index contributed by atoms with van der Waals surface area (Å²) in [6.07, 6.45) is 1.35. The second-order valence-corrected chi connectivity index (χ2v) is 7.91. The number of carbonyl (C=O) groups is 1. The molecule has 1 aliphatic heterocycles. The van der Waals surface area contributed by atoms with Crippen LogP contribution in [0.25, 0.3) is 0 Å². The van der Waals surface area contributed by atoms with E-state index >= 15 is 0 Å². The summed E-state index contributed by atoms with van der Waals surface area (Å²) in [5.74, 6) is 0.172. The molecule has 5 nitrogen and oxygen atoms in total. The van der Waals surface area contributed by atoms with E-state index in [4.69, 9.17) is 4.74 Å². The highest BCUT2D eigenvalue weighted by Crippen LogP contribution is 2.20. The number of ether oxygens (including phenoxy) is 1. The van der Waals surface area contributed by atoms with Crippen LogP contribution in [0.5, 0.6) is 0 Å². The molecule has 0 aromatic heterocycles. The number of amides is 1. The Labute approximate surface area is 132 Å². The van der Waals surface area contributed by atoms with Crippen LogP contribution in [-0.4, -0.2) is 50.4 Å². The lowest BCUT2D eigenvalue weighted by Gasteiger charge is -2.28. The van der Waals surface area contributed by atoms with Gasteiger partial charge in [-0.1, -0.05) is 19.1 Å². The molecular formula is C16H23NO4S. The maximum atomic E-state index is 12.7. The van der Waals surface area contributed by atoms with E-state index in [0.29, 0.717) is 25.1 Å². The molecule has 1 fully saturated rings. The van der Waals surface area contributed by atoms with Gasteiger partial charge in [-0.15, -0.1) is 0 Å². The van der Waals surface area contributed by atoms with E-state index in [2.05, 4.69) is 0 Å². The third kappa shape index (κ3) is 4.08. The van der Waals surface area contributed by atoms with Crippen molar-refractivity contribution in [3.05, 3.63) is 35.4 Å². The van der Waals surface area contributed by atoms with Crippen LogP contribution < -0.4 is 0 Å². The molecule has 0 saturated carbocycles. The molecule has 1 atom stereocenters. The zero-order valence-corrected chi connectivity index (χ0v) is 13.9. The number of rotatable bonds is 6. The SMILES string of the molecule is CCCN(C(=O)c1ccc(COC)cc1)C1CCS(=O)(=O)C1. The Bertz CT molecular complexity index is 610. The molecule has 22 heavy (non-hydrogen) atoms. The van der Waals surface area contributed by atoms with Gasteiger partial charge in [0.2, 0.25) is 0 Å². The zero-order valence-electron chi connectivity index (χ0n) is 13.1. The Hall–Kier alpha value is -1.40. The molecule has 122 valence electrons. The van der Waals surface area contributed by atoms with Gasteiger partial charge in [0.1, 0.15) is 0 Å². The molecule has 6 heteroatoms. The molecule has 1 saturated heterocycles. The summed E-state index contributed by atoms with van der Waals surface area (Å²) in [6.45, 7) is 3.08. The maximum absolute atomic E-state index is 12.7. The molecule has 2 rings (SSSR count). The van der Waals surface area contributed by atoms with Crippen molar-refractivity contribution < 1.29 is 17.9 Å². The van der Waals surface area contributed by atoms with Crippen LogP contribution in [0.3, 0.4) is 0 Å². The molecule has 1 amide bonds. The summed E-state index contributed by atoms with van der Waals surface area (Å²) >= 11 is 0. The first-order valence-electron chi connectivity index (χ1n) is 7.56. The lowest BCUT2D eigenvalue weighted by Crippen LogP contribution is -2.41. The summed E-state index contributed by atoms with van der Waals surface area (Å²) in [5, 5.41) is 0. The highest BCUT2D eigenvalue weighted by Gasteiger charge is 2.34. The molecule has 1 heterocycles. The first-order chi connectivity index (χ1) is 10.5. The molecule has 1 aromatic carbocycles. The minimum atomic E-state index is -3.00. The summed E-state index contributed by atoms with van der Waals surface area (Å²) in [4.78, 5) is 14.4.